The Morgan fingerprint density at radius 2 is 1.64 bits per heavy atom. The van der Waals surface area contributed by atoms with Crippen LogP contribution in [0.3, 0.4) is 0 Å². The Bertz CT molecular complexity index is 215. The maximum absolute atomic E-state index is 11.4. The van der Waals surface area contributed by atoms with Gasteiger partial charge >= 0.3 is 11.9 Å². The maximum atomic E-state index is 11.4. The fourth-order valence-corrected chi connectivity index (χ4v) is 1.14. The van der Waals surface area contributed by atoms with Crippen molar-refractivity contribution in [2.75, 3.05) is 14.2 Å². The fourth-order valence-electron chi connectivity index (χ4n) is 1.14. The molecule has 0 fully saturated rings. The lowest BCUT2D eigenvalue weighted by atomic mass is 9.79. The molecule has 0 rings (SSSR count). The van der Waals surface area contributed by atoms with Gasteiger partial charge in [-0.1, -0.05) is 20.8 Å². The van der Waals surface area contributed by atoms with Crippen molar-refractivity contribution < 1.29 is 19.1 Å². The van der Waals surface area contributed by atoms with Gasteiger partial charge in [-0.3, -0.25) is 9.59 Å². The summed E-state index contributed by atoms with van der Waals surface area (Å²) >= 11 is 0. The molecular formula is C10H18O4. The van der Waals surface area contributed by atoms with Gasteiger partial charge in [-0.15, -0.1) is 0 Å². The molecule has 14 heavy (non-hydrogen) atoms. The molecule has 4 nitrogen and oxygen atoms in total. The van der Waals surface area contributed by atoms with E-state index in [1.54, 1.807) is 0 Å². The van der Waals surface area contributed by atoms with Crippen molar-refractivity contribution in [2.24, 2.45) is 11.3 Å². The third kappa shape index (κ3) is 3.77. The highest BCUT2D eigenvalue weighted by molar-refractivity contribution is 5.80. The number of hydrogen-bond acceptors (Lipinski definition) is 4. The van der Waals surface area contributed by atoms with E-state index in [0.717, 1.165) is 0 Å². The monoisotopic (exact) mass is 202 g/mol. The maximum Gasteiger partial charge on any atom is 0.309 e. The minimum atomic E-state index is -0.458. The first kappa shape index (κ1) is 12.9. The van der Waals surface area contributed by atoms with Crippen LogP contribution in [0.1, 0.15) is 27.2 Å². The SMILES string of the molecule is COC(=O)C[C@@H](C(=O)OC)C(C)(C)C. The Labute approximate surface area is 84.6 Å². The van der Waals surface area contributed by atoms with Gasteiger partial charge in [-0.25, -0.2) is 0 Å². The highest BCUT2D eigenvalue weighted by Crippen LogP contribution is 2.29. The number of carbonyl (C=O) groups excluding carboxylic acids is 2. The number of hydrogen-bond donors (Lipinski definition) is 0. The Hall–Kier alpha value is -1.06. The number of carbonyl (C=O) groups is 2. The second kappa shape index (κ2) is 4.98. The molecule has 0 aliphatic heterocycles. The molecule has 0 amide bonds. The quantitative estimate of drug-likeness (QED) is 0.649. The van der Waals surface area contributed by atoms with Gasteiger partial charge < -0.3 is 9.47 Å². The van der Waals surface area contributed by atoms with Gasteiger partial charge in [0.2, 0.25) is 0 Å². The van der Waals surface area contributed by atoms with E-state index in [1.807, 2.05) is 20.8 Å². The lowest BCUT2D eigenvalue weighted by Gasteiger charge is -2.27. The molecule has 0 N–H and O–H groups in total. The summed E-state index contributed by atoms with van der Waals surface area (Å²) in [6.45, 7) is 5.66. The molecule has 0 aliphatic rings. The average Bonchev–Trinajstić information content (AvgIpc) is 2.10. The van der Waals surface area contributed by atoms with Crippen molar-refractivity contribution >= 4 is 11.9 Å². The minimum Gasteiger partial charge on any atom is -0.469 e. The van der Waals surface area contributed by atoms with Crippen LogP contribution in [0.25, 0.3) is 0 Å². The van der Waals surface area contributed by atoms with Crippen molar-refractivity contribution in [3.63, 3.8) is 0 Å². The molecule has 0 aromatic carbocycles. The van der Waals surface area contributed by atoms with E-state index in [4.69, 9.17) is 0 Å². The molecule has 0 aliphatic carbocycles. The number of rotatable bonds is 3. The third-order valence-electron chi connectivity index (χ3n) is 2.13. The van der Waals surface area contributed by atoms with Gasteiger partial charge in [-0.05, 0) is 5.41 Å². The zero-order chi connectivity index (χ0) is 11.4. The molecule has 0 bridgehead atoms. The Morgan fingerprint density at radius 3 is 1.93 bits per heavy atom. The van der Waals surface area contributed by atoms with Crippen LogP contribution in [-0.2, 0) is 19.1 Å². The van der Waals surface area contributed by atoms with E-state index in [9.17, 15) is 9.59 Å². The topological polar surface area (TPSA) is 52.6 Å². The first-order valence-electron chi connectivity index (χ1n) is 4.47. The van der Waals surface area contributed by atoms with Crippen LogP contribution in [0.4, 0.5) is 0 Å². The van der Waals surface area contributed by atoms with Crippen molar-refractivity contribution in [1.82, 2.24) is 0 Å². The lowest BCUT2D eigenvalue weighted by molar-refractivity contribution is -0.155. The standard InChI is InChI=1S/C10H18O4/c1-10(2,3)7(9(12)14-5)6-8(11)13-4/h7H,6H2,1-5H3/t7-/m0/s1. The van der Waals surface area contributed by atoms with Crippen LogP contribution >= 0.6 is 0 Å². The molecule has 0 heterocycles. The zero-order valence-electron chi connectivity index (χ0n) is 9.42. The highest BCUT2D eigenvalue weighted by atomic mass is 16.5. The molecule has 0 unspecified atom stereocenters. The number of esters is 2. The lowest BCUT2D eigenvalue weighted by Crippen LogP contribution is -2.32. The third-order valence-corrected chi connectivity index (χ3v) is 2.13. The van der Waals surface area contributed by atoms with Gasteiger partial charge in [0.05, 0.1) is 26.6 Å². The molecule has 1 atom stereocenters. The van der Waals surface area contributed by atoms with E-state index in [0.29, 0.717) is 0 Å². The van der Waals surface area contributed by atoms with E-state index < -0.39 is 11.9 Å². The number of ether oxygens (including phenoxy) is 2. The summed E-state index contributed by atoms with van der Waals surface area (Å²) in [6, 6.07) is 0. The first-order chi connectivity index (χ1) is 6.32. The highest BCUT2D eigenvalue weighted by Gasteiger charge is 2.34. The van der Waals surface area contributed by atoms with Crippen LogP contribution < -0.4 is 0 Å². The molecule has 0 saturated heterocycles. The van der Waals surface area contributed by atoms with Gasteiger partial charge in [0, 0.05) is 0 Å². The van der Waals surface area contributed by atoms with Gasteiger partial charge in [0.25, 0.3) is 0 Å². The molecule has 0 aromatic heterocycles. The summed E-state index contributed by atoms with van der Waals surface area (Å²) in [6.07, 6.45) is 0.0622. The van der Waals surface area contributed by atoms with Crippen molar-refractivity contribution in [2.45, 2.75) is 27.2 Å². The molecule has 4 heteroatoms. The predicted molar refractivity (Wildman–Crippen MR) is 51.6 cm³/mol. The Kier molecular flexibility index (Phi) is 4.60. The van der Waals surface area contributed by atoms with Crippen LogP contribution in [0, 0.1) is 11.3 Å². The Balaban J connectivity index is 4.58. The molecule has 0 radical (unpaired) electrons. The van der Waals surface area contributed by atoms with Crippen LogP contribution in [0.2, 0.25) is 0 Å². The van der Waals surface area contributed by atoms with Gasteiger partial charge in [-0.2, -0.15) is 0 Å². The minimum absolute atomic E-state index is 0.0622. The molecule has 0 aromatic rings. The summed E-state index contributed by atoms with van der Waals surface area (Å²) in [5.41, 5.74) is -0.304. The zero-order valence-corrected chi connectivity index (χ0v) is 9.42. The van der Waals surface area contributed by atoms with E-state index >= 15 is 0 Å². The average molecular weight is 202 g/mol. The van der Waals surface area contributed by atoms with E-state index in [-0.39, 0.29) is 17.8 Å². The predicted octanol–water partition coefficient (Wildman–Crippen LogP) is 1.38. The largest absolute Gasteiger partial charge is 0.469 e. The van der Waals surface area contributed by atoms with Crippen LogP contribution in [0.5, 0.6) is 0 Å². The molecule has 0 spiro atoms. The summed E-state index contributed by atoms with van der Waals surface area (Å²) < 4.78 is 9.16. The normalized spacial score (nSPS) is 13.2. The fraction of sp³-hybridized carbons (Fsp3) is 0.800. The van der Waals surface area contributed by atoms with Crippen molar-refractivity contribution in [3.05, 3.63) is 0 Å². The van der Waals surface area contributed by atoms with Gasteiger partial charge in [0.15, 0.2) is 0 Å². The van der Waals surface area contributed by atoms with Crippen molar-refractivity contribution in [3.8, 4) is 0 Å². The second-order valence-corrected chi connectivity index (χ2v) is 4.22. The molecule has 82 valence electrons. The van der Waals surface area contributed by atoms with Crippen LogP contribution in [-0.4, -0.2) is 26.2 Å². The second-order valence-electron chi connectivity index (χ2n) is 4.22. The van der Waals surface area contributed by atoms with Crippen molar-refractivity contribution in [1.29, 1.82) is 0 Å². The summed E-state index contributed by atoms with van der Waals surface area (Å²) in [5.74, 6) is -1.22. The van der Waals surface area contributed by atoms with E-state index in [2.05, 4.69) is 9.47 Å². The summed E-state index contributed by atoms with van der Waals surface area (Å²) in [7, 11) is 2.62. The molecular weight excluding hydrogens is 184 g/mol. The van der Waals surface area contributed by atoms with E-state index in [1.165, 1.54) is 14.2 Å². The van der Waals surface area contributed by atoms with Gasteiger partial charge in [0.1, 0.15) is 0 Å². The van der Waals surface area contributed by atoms with Crippen LogP contribution in [0.15, 0.2) is 0 Å². The summed E-state index contributed by atoms with van der Waals surface area (Å²) in [4.78, 5) is 22.4. The first-order valence-corrected chi connectivity index (χ1v) is 4.47. The molecule has 0 saturated carbocycles. The summed E-state index contributed by atoms with van der Waals surface area (Å²) in [5, 5.41) is 0. The number of methoxy groups -OCH3 is 2. The Morgan fingerprint density at radius 1 is 1.14 bits per heavy atom. The smallest absolute Gasteiger partial charge is 0.309 e.